The number of ether oxygens (including phenoxy) is 2. The highest BCUT2D eigenvalue weighted by molar-refractivity contribution is 5.91. The van der Waals surface area contributed by atoms with Gasteiger partial charge in [-0.2, -0.15) is 0 Å². The first-order valence-electron chi connectivity index (χ1n) is 6.73. The van der Waals surface area contributed by atoms with Crippen molar-refractivity contribution in [2.75, 3.05) is 13.2 Å². The largest absolute Gasteiger partial charge is 0.466 e. The van der Waals surface area contributed by atoms with E-state index in [1.54, 1.807) is 13.8 Å². The molecule has 0 spiro atoms. The van der Waals surface area contributed by atoms with Crippen LogP contribution in [0.1, 0.15) is 48.2 Å². The zero-order valence-electron chi connectivity index (χ0n) is 12.0. The number of carbonyl (C=O) groups excluding carboxylic acids is 2. The fraction of sp³-hybridized carbons (Fsp3) is 0.467. The summed E-state index contributed by atoms with van der Waals surface area (Å²) < 4.78 is 35.6. The first-order valence-corrected chi connectivity index (χ1v) is 6.73. The molecule has 0 aliphatic rings. The molecule has 0 aromatic heterocycles. The first kappa shape index (κ1) is 17.1. The van der Waals surface area contributed by atoms with E-state index in [9.17, 15) is 18.4 Å². The van der Waals surface area contributed by atoms with Gasteiger partial charge in [0, 0.05) is 12.0 Å². The number of halogens is 2. The zero-order valence-corrected chi connectivity index (χ0v) is 12.0. The maximum Gasteiger partial charge on any atom is 0.338 e. The van der Waals surface area contributed by atoms with Crippen LogP contribution >= 0.6 is 0 Å². The number of benzene rings is 1. The standard InChI is InChI=1S/C15H18F2O4/c1-3-20-13(18)8-6-10-5-7-11(15(19)21-4-2)12(9-10)14(16)17/h5,7,9,14H,3-4,6,8H2,1-2H3. The van der Waals surface area contributed by atoms with Crippen LogP contribution in [0.3, 0.4) is 0 Å². The second-order valence-electron chi connectivity index (χ2n) is 4.25. The number of rotatable bonds is 7. The van der Waals surface area contributed by atoms with Gasteiger partial charge in [-0.1, -0.05) is 6.07 Å². The minimum atomic E-state index is -2.79. The van der Waals surface area contributed by atoms with Crippen molar-refractivity contribution in [3.05, 3.63) is 34.9 Å². The van der Waals surface area contributed by atoms with Crippen molar-refractivity contribution in [1.29, 1.82) is 0 Å². The van der Waals surface area contributed by atoms with Gasteiger partial charge in [0.1, 0.15) is 0 Å². The molecule has 0 N–H and O–H groups in total. The lowest BCUT2D eigenvalue weighted by Crippen LogP contribution is -2.10. The van der Waals surface area contributed by atoms with Crippen molar-refractivity contribution >= 4 is 11.9 Å². The Balaban J connectivity index is 2.88. The molecule has 0 aliphatic carbocycles. The molecule has 116 valence electrons. The van der Waals surface area contributed by atoms with Crippen molar-refractivity contribution in [3.63, 3.8) is 0 Å². The van der Waals surface area contributed by atoms with Gasteiger partial charge in [0.15, 0.2) is 0 Å². The van der Waals surface area contributed by atoms with Crippen LogP contribution in [0.25, 0.3) is 0 Å². The van der Waals surface area contributed by atoms with Gasteiger partial charge in [-0.05, 0) is 38.0 Å². The predicted octanol–water partition coefficient (Wildman–Crippen LogP) is 3.30. The molecule has 1 rings (SSSR count). The summed E-state index contributed by atoms with van der Waals surface area (Å²) in [5.41, 5.74) is 0.0212. The fourth-order valence-electron chi connectivity index (χ4n) is 1.82. The van der Waals surface area contributed by atoms with Gasteiger partial charge in [0.25, 0.3) is 6.43 Å². The zero-order chi connectivity index (χ0) is 15.8. The quantitative estimate of drug-likeness (QED) is 0.725. The number of alkyl halides is 2. The molecule has 21 heavy (non-hydrogen) atoms. The molecule has 0 heterocycles. The van der Waals surface area contributed by atoms with E-state index in [0.717, 1.165) is 0 Å². The van der Waals surface area contributed by atoms with Crippen LogP contribution in [0.5, 0.6) is 0 Å². The number of aryl methyl sites for hydroxylation is 1. The van der Waals surface area contributed by atoms with Crippen LogP contribution in [0, 0.1) is 0 Å². The summed E-state index contributed by atoms with van der Waals surface area (Å²) in [5, 5.41) is 0. The summed E-state index contributed by atoms with van der Waals surface area (Å²) in [6.45, 7) is 3.70. The predicted molar refractivity (Wildman–Crippen MR) is 72.3 cm³/mol. The summed E-state index contributed by atoms with van der Waals surface area (Å²) >= 11 is 0. The van der Waals surface area contributed by atoms with Gasteiger partial charge < -0.3 is 9.47 Å². The molecule has 0 unspecified atom stereocenters. The van der Waals surface area contributed by atoms with Gasteiger partial charge in [0.05, 0.1) is 18.8 Å². The summed E-state index contributed by atoms with van der Waals surface area (Å²) in [6.07, 6.45) is -2.40. The summed E-state index contributed by atoms with van der Waals surface area (Å²) in [4.78, 5) is 22.9. The monoisotopic (exact) mass is 300 g/mol. The Bertz CT molecular complexity index is 500. The Labute approximate surface area is 122 Å². The normalized spacial score (nSPS) is 10.5. The lowest BCUT2D eigenvalue weighted by molar-refractivity contribution is -0.143. The maximum absolute atomic E-state index is 13.0. The Kier molecular flexibility index (Phi) is 6.78. The first-order chi connectivity index (χ1) is 9.99. The molecule has 6 heteroatoms. The molecule has 4 nitrogen and oxygen atoms in total. The van der Waals surface area contributed by atoms with Gasteiger partial charge in [-0.3, -0.25) is 4.79 Å². The third-order valence-electron chi connectivity index (χ3n) is 2.77. The smallest absolute Gasteiger partial charge is 0.338 e. The van der Waals surface area contributed by atoms with Gasteiger partial charge in [-0.15, -0.1) is 0 Å². The van der Waals surface area contributed by atoms with Crippen molar-refractivity contribution in [3.8, 4) is 0 Å². The highest BCUT2D eigenvalue weighted by atomic mass is 19.3. The molecule has 0 bridgehead atoms. The molecule has 0 radical (unpaired) electrons. The number of carbonyl (C=O) groups is 2. The molecule has 1 aromatic carbocycles. The minimum absolute atomic E-state index is 0.106. The average molecular weight is 300 g/mol. The van der Waals surface area contributed by atoms with E-state index in [2.05, 4.69) is 0 Å². The summed E-state index contributed by atoms with van der Waals surface area (Å²) in [7, 11) is 0. The van der Waals surface area contributed by atoms with E-state index >= 15 is 0 Å². The number of esters is 2. The van der Waals surface area contributed by atoms with Crippen molar-refractivity contribution in [1.82, 2.24) is 0 Å². The lowest BCUT2D eigenvalue weighted by atomic mass is 10.0. The topological polar surface area (TPSA) is 52.6 Å². The Morgan fingerprint density at radius 2 is 1.81 bits per heavy atom. The van der Waals surface area contributed by atoms with Crippen LogP contribution in [0.2, 0.25) is 0 Å². The van der Waals surface area contributed by atoms with E-state index in [1.165, 1.54) is 18.2 Å². The van der Waals surface area contributed by atoms with Crippen LogP contribution < -0.4 is 0 Å². The molecule has 0 saturated heterocycles. The minimum Gasteiger partial charge on any atom is -0.466 e. The second-order valence-corrected chi connectivity index (χ2v) is 4.25. The van der Waals surface area contributed by atoms with Gasteiger partial charge in [0.2, 0.25) is 0 Å². The van der Waals surface area contributed by atoms with Crippen molar-refractivity contribution < 1.29 is 27.8 Å². The van der Waals surface area contributed by atoms with E-state index in [0.29, 0.717) is 5.56 Å². The SMILES string of the molecule is CCOC(=O)CCc1ccc(C(=O)OCC)c(C(F)F)c1. The molecule has 0 fully saturated rings. The van der Waals surface area contributed by atoms with Crippen LogP contribution in [-0.2, 0) is 20.7 Å². The summed E-state index contributed by atoms with van der Waals surface area (Å²) in [5.74, 6) is -1.16. The lowest BCUT2D eigenvalue weighted by Gasteiger charge is -2.10. The molecular weight excluding hydrogens is 282 g/mol. The van der Waals surface area contributed by atoms with E-state index in [-0.39, 0.29) is 43.2 Å². The van der Waals surface area contributed by atoms with Crippen molar-refractivity contribution in [2.45, 2.75) is 33.1 Å². The van der Waals surface area contributed by atoms with Gasteiger partial charge in [-0.25, -0.2) is 13.6 Å². The third-order valence-corrected chi connectivity index (χ3v) is 2.77. The van der Waals surface area contributed by atoms with Crippen LogP contribution in [0.15, 0.2) is 18.2 Å². The highest BCUT2D eigenvalue weighted by Gasteiger charge is 2.20. The number of hydrogen-bond donors (Lipinski definition) is 0. The molecule has 0 aliphatic heterocycles. The highest BCUT2D eigenvalue weighted by Crippen LogP contribution is 2.25. The van der Waals surface area contributed by atoms with Gasteiger partial charge >= 0.3 is 11.9 Å². The number of hydrogen-bond acceptors (Lipinski definition) is 4. The van der Waals surface area contributed by atoms with E-state index < -0.39 is 12.4 Å². The summed E-state index contributed by atoms with van der Waals surface area (Å²) in [6, 6.07) is 4.08. The van der Waals surface area contributed by atoms with Crippen LogP contribution in [-0.4, -0.2) is 25.2 Å². The van der Waals surface area contributed by atoms with Crippen LogP contribution in [0.4, 0.5) is 8.78 Å². The molecule has 0 saturated carbocycles. The second kappa shape index (κ2) is 8.34. The Morgan fingerprint density at radius 3 is 2.38 bits per heavy atom. The molecule has 0 atom stereocenters. The average Bonchev–Trinajstić information content (AvgIpc) is 2.45. The van der Waals surface area contributed by atoms with E-state index in [1.807, 2.05) is 0 Å². The third kappa shape index (κ3) is 5.13. The van der Waals surface area contributed by atoms with Crippen molar-refractivity contribution in [2.24, 2.45) is 0 Å². The Morgan fingerprint density at radius 1 is 1.14 bits per heavy atom. The van der Waals surface area contributed by atoms with E-state index in [4.69, 9.17) is 9.47 Å². The molecule has 1 aromatic rings. The fourth-order valence-corrected chi connectivity index (χ4v) is 1.82. The molecular formula is C15H18F2O4. The Hall–Kier alpha value is -1.98. The maximum atomic E-state index is 13.0. The molecule has 0 amide bonds.